The lowest BCUT2D eigenvalue weighted by atomic mass is 10.2. The summed E-state index contributed by atoms with van der Waals surface area (Å²) < 4.78 is 45.3. The molecule has 3 N–H and O–H groups in total. The average Bonchev–Trinajstić information content (AvgIpc) is 2.40. The van der Waals surface area contributed by atoms with Gasteiger partial charge in [0.2, 0.25) is 0 Å². The highest BCUT2D eigenvalue weighted by Gasteiger charge is 2.21. The second kappa shape index (κ2) is 5.61. The molecule has 2 aromatic rings. The molecule has 0 fully saturated rings. The van der Waals surface area contributed by atoms with Gasteiger partial charge in [-0.25, -0.2) is 12.8 Å². The summed E-state index contributed by atoms with van der Waals surface area (Å²) in [6, 6.07) is 8.02. The van der Waals surface area contributed by atoms with Gasteiger partial charge in [-0.3, -0.25) is 4.72 Å². The van der Waals surface area contributed by atoms with E-state index in [1.165, 1.54) is 37.4 Å². The van der Waals surface area contributed by atoms with Crippen molar-refractivity contribution in [3.05, 3.63) is 47.8 Å². The Hall–Kier alpha value is -2.28. The first-order chi connectivity index (χ1) is 9.83. The number of anilines is 2. The fraction of sp³-hybridized carbons (Fsp3) is 0.143. The van der Waals surface area contributed by atoms with Crippen LogP contribution in [0.4, 0.5) is 15.8 Å². The van der Waals surface area contributed by atoms with Crippen LogP contribution in [-0.4, -0.2) is 15.5 Å². The predicted octanol–water partition coefficient (Wildman–Crippen LogP) is 2.53. The van der Waals surface area contributed by atoms with Crippen molar-refractivity contribution in [3.63, 3.8) is 0 Å². The minimum atomic E-state index is -3.93. The molecule has 0 aliphatic heterocycles. The molecule has 5 nitrogen and oxygen atoms in total. The maximum atomic E-state index is 13.1. The van der Waals surface area contributed by atoms with Crippen molar-refractivity contribution in [2.24, 2.45) is 0 Å². The van der Waals surface area contributed by atoms with E-state index in [1.807, 2.05) is 0 Å². The van der Waals surface area contributed by atoms with Gasteiger partial charge < -0.3 is 10.5 Å². The van der Waals surface area contributed by atoms with E-state index < -0.39 is 15.8 Å². The van der Waals surface area contributed by atoms with Crippen molar-refractivity contribution < 1.29 is 17.5 Å². The second-order valence-electron chi connectivity index (χ2n) is 4.48. The van der Waals surface area contributed by atoms with E-state index in [9.17, 15) is 12.8 Å². The molecule has 0 bridgehead atoms. The molecular weight excluding hydrogens is 295 g/mol. The number of rotatable bonds is 4. The lowest BCUT2D eigenvalue weighted by molar-refractivity contribution is 0.402. The van der Waals surface area contributed by atoms with Crippen molar-refractivity contribution >= 4 is 21.4 Å². The summed E-state index contributed by atoms with van der Waals surface area (Å²) in [5, 5.41) is 0. The van der Waals surface area contributed by atoms with Gasteiger partial charge in [0, 0.05) is 5.69 Å². The van der Waals surface area contributed by atoms with Crippen LogP contribution in [0.5, 0.6) is 5.75 Å². The number of benzene rings is 2. The number of ether oxygens (including phenoxy) is 1. The van der Waals surface area contributed by atoms with Gasteiger partial charge in [0.15, 0.2) is 0 Å². The van der Waals surface area contributed by atoms with Crippen molar-refractivity contribution in [3.8, 4) is 5.75 Å². The minimum Gasteiger partial charge on any atom is -0.495 e. The fourth-order valence-corrected chi connectivity index (χ4v) is 3.05. The van der Waals surface area contributed by atoms with Gasteiger partial charge in [-0.15, -0.1) is 0 Å². The van der Waals surface area contributed by atoms with Gasteiger partial charge in [-0.1, -0.05) is 6.07 Å². The smallest absolute Gasteiger partial charge is 0.265 e. The summed E-state index contributed by atoms with van der Waals surface area (Å²) in [6.07, 6.45) is 0. The highest BCUT2D eigenvalue weighted by Crippen LogP contribution is 2.30. The van der Waals surface area contributed by atoms with Crippen LogP contribution >= 0.6 is 0 Å². The van der Waals surface area contributed by atoms with Crippen LogP contribution in [0, 0.1) is 12.7 Å². The van der Waals surface area contributed by atoms with E-state index in [2.05, 4.69) is 4.72 Å². The Labute approximate surface area is 122 Å². The molecule has 2 rings (SSSR count). The van der Waals surface area contributed by atoms with Crippen molar-refractivity contribution in [1.82, 2.24) is 0 Å². The van der Waals surface area contributed by atoms with E-state index in [4.69, 9.17) is 10.5 Å². The van der Waals surface area contributed by atoms with Crippen LogP contribution in [0.2, 0.25) is 0 Å². The SMILES string of the molecule is COc1cc(C)c(N)cc1S(=O)(=O)Nc1cccc(F)c1. The fourth-order valence-electron chi connectivity index (χ4n) is 1.81. The molecule has 0 saturated heterocycles. The number of aryl methyl sites for hydroxylation is 1. The number of halogens is 1. The molecule has 2 aromatic carbocycles. The number of sulfonamides is 1. The van der Waals surface area contributed by atoms with Crippen LogP contribution in [0.3, 0.4) is 0 Å². The normalized spacial score (nSPS) is 11.2. The molecule has 0 saturated carbocycles. The number of methoxy groups -OCH3 is 1. The maximum Gasteiger partial charge on any atom is 0.265 e. The first-order valence-electron chi connectivity index (χ1n) is 6.06. The molecule has 0 amide bonds. The first kappa shape index (κ1) is 15.1. The molecule has 21 heavy (non-hydrogen) atoms. The van der Waals surface area contributed by atoms with E-state index in [0.29, 0.717) is 11.3 Å². The van der Waals surface area contributed by atoms with Gasteiger partial charge in [-0.2, -0.15) is 0 Å². The molecule has 7 heteroatoms. The Morgan fingerprint density at radius 3 is 2.57 bits per heavy atom. The predicted molar refractivity (Wildman–Crippen MR) is 79.4 cm³/mol. The monoisotopic (exact) mass is 310 g/mol. The lowest BCUT2D eigenvalue weighted by Crippen LogP contribution is -2.15. The van der Waals surface area contributed by atoms with Crippen molar-refractivity contribution in [2.45, 2.75) is 11.8 Å². The molecule has 0 radical (unpaired) electrons. The number of nitrogens with one attached hydrogen (secondary N) is 1. The summed E-state index contributed by atoms with van der Waals surface area (Å²) in [4.78, 5) is -0.0997. The molecule has 0 spiro atoms. The lowest BCUT2D eigenvalue weighted by Gasteiger charge is -2.13. The topological polar surface area (TPSA) is 81.4 Å². The Kier molecular flexibility index (Phi) is 4.04. The van der Waals surface area contributed by atoms with Gasteiger partial charge in [-0.05, 0) is 42.8 Å². The molecular formula is C14H15FN2O3S. The average molecular weight is 310 g/mol. The van der Waals surface area contributed by atoms with E-state index in [1.54, 1.807) is 6.92 Å². The van der Waals surface area contributed by atoms with Crippen LogP contribution in [-0.2, 0) is 10.0 Å². The molecule has 0 aliphatic rings. The highest BCUT2D eigenvalue weighted by atomic mass is 32.2. The van der Waals surface area contributed by atoms with Gasteiger partial charge in [0.1, 0.15) is 16.5 Å². The maximum absolute atomic E-state index is 13.1. The zero-order chi connectivity index (χ0) is 15.6. The van der Waals surface area contributed by atoms with E-state index in [0.717, 1.165) is 6.07 Å². The standard InChI is InChI=1S/C14H15FN2O3S/c1-9-6-13(20-2)14(8-12(9)16)21(18,19)17-11-5-3-4-10(15)7-11/h3-8,17H,16H2,1-2H3. The summed E-state index contributed by atoms with van der Waals surface area (Å²) in [6.45, 7) is 1.74. The van der Waals surface area contributed by atoms with Crippen molar-refractivity contribution in [1.29, 1.82) is 0 Å². The quantitative estimate of drug-likeness (QED) is 0.850. The molecule has 0 aliphatic carbocycles. The Bertz CT molecular complexity index is 776. The van der Waals surface area contributed by atoms with Crippen molar-refractivity contribution in [2.75, 3.05) is 17.6 Å². The number of hydrogen-bond acceptors (Lipinski definition) is 4. The second-order valence-corrected chi connectivity index (χ2v) is 6.13. The third kappa shape index (κ3) is 3.25. The van der Waals surface area contributed by atoms with E-state index in [-0.39, 0.29) is 16.3 Å². The third-order valence-electron chi connectivity index (χ3n) is 2.92. The largest absolute Gasteiger partial charge is 0.495 e. The van der Waals surface area contributed by atoms with Crippen LogP contribution < -0.4 is 15.2 Å². The van der Waals surface area contributed by atoms with Crippen LogP contribution in [0.25, 0.3) is 0 Å². The number of hydrogen-bond donors (Lipinski definition) is 2. The Morgan fingerprint density at radius 2 is 1.95 bits per heavy atom. The van der Waals surface area contributed by atoms with Crippen LogP contribution in [0.1, 0.15) is 5.56 Å². The Balaban J connectivity index is 2.47. The summed E-state index contributed by atoms with van der Waals surface area (Å²) >= 11 is 0. The van der Waals surface area contributed by atoms with Gasteiger partial charge in [0.25, 0.3) is 10.0 Å². The Morgan fingerprint density at radius 1 is 1.24 bits per heavy atom. The molecule has 0 atom stereocenters. The van der Waals surface area contributed by atoms with Gasteiger partial charge >= 0.3 is 0 Å². The molecule has 0 aromatic heterocycles. The number of nitrogens with two attached hydrogens (primary N) is 1. The summed E-state index contributed by atoms with van der Waals surface area (Å²) in [5.41, 5.74) is 6.91. The first-order valence-corrected chi connectivity index (χ1v) is 7.54. The molecule has 112 valence electrons. The number of nitrogen functional groups attached to an aromatic ring is 1. The highest BCUT2D eigenvalue weighted by molar-refractivity contribution is 7.92. The van der Waals surface area contributed by atoms with E-state index >= 15 is 0 Å². The summed E-state index contributed by atoms with van der Waals surface area (Å²) in [5.74, 6) is -0.365. The summed E-state index contributed by atoms with van der Waals surface area (Å²) in [7, 11) is -2.57. The zero-order valence-electron chi connectivity index (χ0n) is 11.6. The molecule has 0 heterocycles. The molecule has 0 unspecified atom stereocenters. The minimum absolute atomic E-state index is 0.0997. The van der Waals surface area contributed by atoms with Gasteiger partial charge in [0.05, 0.1) is 12.8 Å². The van der Waals surface area contributed by atoms with Crippen LogP contribution in [0.15, 0.2) is 41.3 Å². The third-order valence-corrected chi connectivity index (χ3v) is 4.32. The zero-order valence-corrected chi connectivity index (χ0v) is 12.4.